The smallest absolute Gasteiger partial charge is 0.326 e. The van der Waals surface area contributed by atoms with Gasteiger partial charge in [-0.1, -0.05) is 27.7 Å². The third-order valence-electron chi connectivity index (χ3n) is 3.25. The van der Waals surface area contributed by atoms with Crippen molar-refractivity contribution >= 4 is 11.9 Å². The Kier molecular flexibility index (Phi) is 5.48. The summed E-state index contributed by atoms with van der Waals surface area (Å²) in [6.45, 7) is 8.87. The molecule has 1 heterocycles. The van der Waals surface area contributed by atoms with Crippen LogP contribution in [0.5, 0.6) is 0 Å². The van der Waals surface area contributed by atoms with Gasteiger partial charge < -0.3 is 20.6 Å². The minimum absolute atomic E-state index is 0.0769. The van der Waals surface area contributed by atoms with E-state index >= 15 is 0 Å². The summed E-state index contributed by atoms with van der Waals surface area (Å²) in [5.41, 5.74) is 6.01. The summed E-state index contributed by atoms with van der Waals surface area (Å²) in [5, 5.41) is 11.5. The Balaban J connectivity index is 2.95. The van der Waals surface area contributed by atoms with Crippen LogP contribution in [0.15, 0.2) is 4.42 Å². The predicted molar refractivity (Wildman–Crippen MR) is 76.7 cm³/mol. The number of carboxylic acid groups (broad SMARTS) is 1. The van der Waals surface area contributed by atoms with Crippen molar-refractivity contribution in [3.8, 4) is 0 Å². The number of nitrogens with two attached hydrogens (primary N) is 1. The van der Waals surface area contributed by atoms with Crippen LogP contribution in [0.4, 0.5) is 0 Å². The van der Waals surface area contributed by atoms with Crippen LogP contribution in [-0.2, 0) is 4.79 Å². The lowest BCUT2D eigenvalue weighted by molar-refractivity contribution is -0.140. The van der Waals surface area contributed by atoms with Gasteiger partial charge in [-0.15, -0.1) is 0 Å². The molecule has 0 saturated heterocycles. The van der Waals surface area contributed by atoms with Gasteiger partial charge >= 0.3 is 5.97 Å². The number of hydrogen-bond acceptors (Lipinski definition) is 5. The molecule has 0 fully saturated rings. The number of hydrogen-bond donors (Lipinski definition) is 3. The van der Waals surface area contributed by atoms with Gasteiger partial charge in [0, 0.05) is 0 Å². The monoisotopic (exact) mass is 297 g/mol. The second-order valence-electron chi connectivity index (χ2n) is 5.76. The number of nitrogens with zero attached hydrogens (tertiary/aromatic N) is 1. The fraction of sp³-hybridized carbons (Fsp3) is 0.643. The van der Waals surface area contributed by atoms with Gasteiger partial charge in [-0.05, 0) is 18.8 Å². The number of carbonyl (C=O) groups is 2. The van der Waals surface area contributed by atoms with E-state index in [0.29, 0.717) is 5.76 Å². The van der Waals surface area contributed by atoms with Crippen LogP contribution in [0.25, 0.3) is 0 Å². The highest BCUT2D eigenvalue weighted by Gasteiger charge is 2.28. The lowest BCUT2D eigenvalue weighted by atomic mass is 10.0. The molecule has 0 aromatic carbocycles. The molecule has 7 heteroatoms. The molecule has 1 amide bonds. The summed E-state index contributed by atoms with van der Waals surface area (Å²) in [4.78, 5) is 27.4. The second kappa shape index (κ2) is 6.71. The first-order valence-corrected chi connectivity index (χ1v) is 6.91. The van der Waals surface area contributed by atoms with Crippen LogP contribution in [0.2, 0.25) is 0 Å². The van der Waals surface area contributed by atoms with Gasteiger partial charge in [0.05, 0.1) is 6.04 Å². The zero-order valence-corrected chi connectivity index (χ0v) is 13.0. The van der Waals surface area contributed by atoms with Crippen LogP contribution in [-0.4, -0.2) is 28.0 Å². The van der Waals surface area contributed by atoms with Crippen LogP contribution in [0, 0.1) is 18.8 Å². The maximum absolute atomic E-state index is 12.2. The molecular formula is C14H23N3O4. The normalized spacial score (nSPS) is 14.3. The Labute approximate surface area is 123 Å². The van der Waals surface area contributed by atoms with Gasteiger partial charge in [-0.3, -0.25) is 4.79 Å². The fourth-order valence-corrected chi connectivity index (χ4v) is 1.78. The average molecular weight is 297 g/mol. The number of rotatable bonds is 6. The molecule has 2 atom stereocenters. The van der Waals surface area contributed by atoms with Gasteiger partial charge in [0.15, 0.2) is 5.69 Å². The Bertz CT molecular complexity index is 522. The van der Waals surface area contributed by atoms with E-state index in [1.165, 1.54) is 0 Å². The summed E-state index contributed by atoms with van der Waals surface area (Å²) in [7, 11) is 0. The highest BCUT2D eigenvalue weighted by atomic mass is 16.4. The number of carboxylic acids is 1. The predicted octanol–water partition coefficient (Wildman–Crippen LogP) is 1.48. The van der Waals surface area contributed by atoms with Crippen LogP contribution < -0.4 is 11.1 Å². The van der Waals surface area contributed by atoms with Crippen molar-refractivity contribution in [1.29, 1.82) is 0 Å². The molecule has 0 unspecified atom stereocenters. The van der Waals surface area contributed by atoms with E-state index in [-0.39, 0.29) is 23.4 Å². The average Bonchev–Trinajstić information content (AvgIpc) is 2.75. The van der Waals surface area contributed by atoms with Gasteiger partial charge in [0.25, 0.3) is 5.91 Å². The number of amides is 1. The summed E-state index contributed by atoms with van der Waals surface area (Å²) < 4.78 is 5.42. The van der Waals surface area contributed by atoms with Crippen molar-refractivity contribution < 1.29 is 19.1 Å². The first kappa shape index (κ1) is 17.2. The molecule has 0 bridgehead atoms. The van der Waals surface area contributed by atoms with Crippen molar-refractivity contribution in [3.05, 3.63) is 17.3 Å². The summed E-state index contributed by atoms with van der Waals surface area (Å²) >= 11 is 0. The molecule has 21 heavy (non-hydrogen) atoms. The lowest BCUT2D eigenvalue weighted by Gasteiger charge is -2.17. The highest BCUT2D eigenvalue weighted by molar-refractivity contribution is 5.95. The SMILES string of the molecule is Cc1oc([C@@H](N)C(C)C)nc1C(=O)N[C@H](C(=O)O)C(C)C. The molecular weight excluding hydrogens is 274 g/mol. The number of aromatic nitrogens is 1. The quantitative estimate of drug-likeness (QED) is 0.731. The fourth-order valence-electron chi connectivity index (χ4n) is 1.78. The van der Waals surface area contributed by atoms with E-state index in [0.717, 1.165) is 0 Å². The maximum atomic E-state index is 12.2. The van der Waals surface area contributed by atoms with Gasteiger partial charge in [0.1, 0.15) is 11.8 Å². The third-order valence-corrected chi connectivity index (χ3v) is 3.25. The van der Waals surface area contributed by atoms with Crippen molar-refractivity contribution in [2.45, 2.75) is 46.7 Å². The van der Waals surface area contributed by atoms with Gasteiger partial charge in [-0.2, -0.15) is 0 Å². The third kappa shape index (κ3) is 4.04. The molecule has 1 rings (SSSR count). The standard InChI is InChI=1S/C14H23N3O4/c1-6(2)9(15)13-17-11(8(5)21-13)12(18)16-10(7(3)4)14(19)20/h6-7,9-10H,15H2,1-5H3,(H,16,18)(H,19,20)/t9-,10-/m0/s1. The number of aryl methyl sites for hydroxylation is 1. The molecule has 4 N–H and O–H groups in total. The van der Waals surface area contributed by atoms with E-state index in [1.807, 2.05) is 13.8 Å². The Morgan fingerprint density at radius 1 is 1.24 bits per heavy atom. The summed E-state index contributed by atoms with van der Waals surface area (Å²) in [6, 6.07) is -1.39. The van der Waals surface area contributed by atoms with Crippen LogP contribution >= 0.6 is 0 Å². The maximum Gasteiger partial charge on any atom is 0.326 e. The largest absolute Gasteiger partial charge is 0.480 e. The van der Waals surface area contributed by atoms with E-state index in [1.54, 1.807) is 20.8 Å². The first-order valence-electron chi connectivity index (χ1n) is 6.91. The minimum atomic E-state index is -1.08. The van der Waals surface area contributed by atoms with Crippen molar-refractivity contribution in [2.75, 3.05) is 0 Å². The second-order valence-corrected chi connectivity index (χ2v) is 5.76. The molecule has 1 aromatic rings. The molecule has 0 saturated carbocycles. The van der Waals surface area contributed by atoms with Crippen LogP contribution in [0.3, 0.4) is 0 Å². The van der Waals surface area contributed by atoms with E-state index < -0.39 is 24.0 Å². The topological polar surface area (TPSA) is 118 Å². The molecule has 7 nitrogen and oxygen atoms in total. The molecule has 118 valence electrons. The number of aliphatic carboxylic acids is 1. The highest BCUT2D eigenvalue weighted by Crippen LogP contribution is 2.21. The van der Waals surface area contributed by atoms with Crippen molar-refractivity contribution in [3.63, 3.8) is 0 Å². The van der Waals surface area contributed by atoms with E-state index in [4.69, 9.17) is 15.3 Å². The molecule has 0 spiro atoms. The molecule has 0 aliphatic heterocycles. The Hall–Kier alpha value is -1.89. The van der Waals surface area contributed by atoms with E-state index in [9.17, 15) is 9.59 Å². The minimum Gasteiger partial charge on any atom is -0.480 e. The molecule has 0 radical (unpaired) electrons. The zero-order valence-electron chi connectivity index (χ0n) is 13.0. The summed E-state index contributed by atoms with van der Waals surface area (Å²) in [6.07, 6.45) is 0. The molecule has 0 aliphatic rings. The Morgan fingerprint density at radius 2 is 1.81 bits per heavy atom. The molecule has 0 aliphatic carbocycles. The number of carbonyl (C=O) groups excluding carboxylic acids is 1. The number of oxazole rings is 1. The van der Waals surface area contributed by atoms with Crippen LogP contribution in [0.1, 0.15) is 55.9 Å². The van der Waals surface area contributed by atoms with E-state index in [2.05, 4.69) is 10.3 Å². The van der Waals surface area contributed by atoms with Gasteiger partial charge in [0.2, 0.25) is 5.89 Å². The zero-order chi connectivity index (χ0) is 16.3. The summed E-state index contributed by atoms with van der Waals surface area (Å²) in [5.74, 6) is -1.17. The van der Waals surface area contributed by atoms with Crippen molar-refractivity contribution in [1.82, 2.24) is 10.3 Å². The van der Waals surface area contributed by atoms with Gasteiger partial charge in [-0.25, -0.2) is 9.78 Å². The number of nitrogens with one attached hydrogen (secondary N) is 1. The first-order chi connectivity index (χ1) is 9.65. The Morgan fingerprint density at radius 3 is 2.24 bits per heavy atom. The lowest BCUT2D eigenvalue weighted by Crippen LogP contribution is -2.44. The molecule has 1 aromatic heterocycles. The van der Waals surface area contributed by atoms with Crippen molar-refractivity contribution in [2.24, 2.45) is 17.6 Å².